The van der Waals surface area contributed by atoms with E-state index in [4.69, 9.17) is 14.2 Å². The maximum atomic E-state index is 13.0. The minimum atomic E-state index is -0.189. The molecule has 1 fully saturated rings. The largest absolute Gasteiger partial charge is 0.507 e. The van der Waals surface area contributed by atoms with Crippen LogP contribution in [0.1, 0.15) is 41.3 Å². The van der Waals surface area contributed by atoms with Gasteiger partial charge in [-0.25, -0.2) is 0 Å². The Hall–Kier alpha value is -2.99. The van der Waals surface area contributed by atoms with E-state index in [2.05, 4.69) is 6.92 Å². The van der Waals surface area contributed by atoms with E-state index >= 15 is 0 Å². The highest BCUT2D eigenvalue weighted by molar-refractivity contribution is 6.15. The van der Waals surface area contributed by atoms with Gasteiger partial charge < -0.3 is 24.2 Å². The summed E-state index contributed by atoms with van der Waals surface area (Å²) >= 11 is 0. The van der Waals surface area contributed by atoms with Gasteiger partial charge in [0.2, 0.25) is 5.78 Å². The van der Waals surface area contributed by atoms with E-state index in [1.54, 1.807) is 44.6 Å². The molecule has 2 atom stereocenters. The molecule has 0 bridgehead atoms. The van der Waals surface area contributed by atoms with Crippen LogP contribution >= 0.6 is 0 Å². The minimum Gasteiger partial charge on any atom is -0.507 e. The fourth-order valence-corrected chi connectivity index (χ4v) is 4.35. The van der Waals surface area contributed by atoms with Crippen LogP contribution in [-0.2, 0) is 6.54 Å². The van der Waals surface area contributed by atoms with Crippen LogP contribution in [0.15, 0.2) is 36.1 Å². The molecule has 1 unspecified atom stereocenters. The van der Waals surface area contributed by atoms with E-state index in [9.17, 15) is 9.90 Å². The maximum Gasteiger partial charge on any atom is 0.231 e. The Balaban J connectivity index is 1.65. The Morgan fingerprint density at radius 3 is 2.80 bits per heavy atom. The molecule has 1 saturated heterocycles. The van der Waals surface area contributed by atoms with E-state index in [0.717, 1.165) is 18.7 Å². The Labute approximate surface area is 176 Å². The van der Waals surface area contributed by atoms with E-state index in [0.29, 0.717) is 40.8 Å². The van der Waals surface area contributed by atoms with Crippen molar-refractivity contribution < 1.29 is 29.0 Å². The minimum absolute atomic E-state index is 0.176. The lowest BCUT2D eigenvalue weighted by Gasteiger charge is -2.28. The second-order valence-corrected chi connectivity index (χ2v) is 8.12. The first-order valence-electron chi connectivity index (χ1n) is 10.3. The lowest BCUT2D eigenvalue weighted by molar-refractivity contribution is -0.922. The van der Waals surface area contributed by atoms with Crippen molar-refractivity contribution in [1.82, 2.24) is 0 Å². The lowest BCUT2D eigenvalue weighted by atomic mass is 9.99. The number of fused-ring (bicyclic) bond motifs is 1. The number of phenols is 1. The number of benzene rings is 2. The summed E-state index contributed by atoms with van der Waals surface area (Å²) < 4.78 is 16.7. The van der Waals surface area contributed by atoms with Crippen molar-refractivity contribution in [1.29, 1.82) is 0 Å². The molecule has 2 heterocycles. The van der Waals surface area contributed by atoms with Crippen LogP contribution in [0, 0.1) is 5.92 Å². The van der Waals surface area contributed by atoms with Crippen molar-refractivity contribution in [3.05, 3.63) is 52.8 Å². The van der Waals surface area contributed by atoms with Crippen LogP contribution in [0.25, 0.3) is 6.08 Å². The highest BCUT2D eigenvalue weighted by atomic mass is 16.5. The summed E-state index contributed by atoms with van der Waals surface area (Å²) in [5.41, 5.74) is 1.91. The molecule has 0 radical (unpaired) electrons. The zero-order valence-electron chi connectivity index (χ0n) is 17.7. The normalized spacial score (nSPS) is 22.0. The third-order valence-electron chi connectivity index (χ3n) is 5.93. The number of hydrogen-bond acceptors (Lipinski definition) is 5. The van der Waals surface area contributed by atoms with Gasteiger partial charge in [-0.3, -0.25) is 4.79 Å². The zero-order chi connectivity index (χ0) is 21.3. The van der Waals surface area contributed by atoms with Crippen molar-refractivity contribution in [2.45, 2.75) is 26.3 Å². The Kier molecular flexibility index (Phi) is 5.68. The van der Waals surface area contributed by atoms with Gasteiger partial charge in [-0.1, -0.05) is 6.92 Å². The number of rotatable bonds is 5. The van der Waals surface area contributed by atoms with Crippen molar-refractivity contribution in [2.75, 3.05) is 27.3 Å². The van der Waals surface area contributed by atoms with Gasteiger partial charge in [-0.05, 0) is 43.2 Å². The number of ketones is 1. The Morgan fingerprint density at radius 1 is 1.23 bits per heavy atom. The van der Waals surface area contributed by atoms with Crippen LogP contribution < -0.4 is 19.1 Å². The number of carbonyl (C=O) groups excluding carboxylic acids is 1. The summed E-state index contributed by atoms with van der Waals surface area (Å²) in [6, 6.07) is 8.62. The van der Waals surface area contributed by atoms with Gasteiger partial charge in [0.1, 0.15) is 23.8 Å². The summed E-state index contributed by atoms with van der Waals surface area (Å²) in [6.07, 6.45) is 4.10. The van der Waals surface area contributed by atoms with Gasteiger partial charge in [0, 0.05) is 17.5 Å². The molecule has 4 rings (SSSR count). The monoisotopic (exact) mass is 410 g/mol. The predicted molar refractivity (Wildman–Crippen MR) is 113 cm³/mol. The standard InChI is InChI=1S/C24H27NO5/c1-15-5-4-10-25(13-15)14-19-20(26)9-8-18-23(27)22(30-24(18)19)11-16-6-7-17(28-2)12-21(16)29-3/h6-9,11-12,15,26H,4-5,10,13-14H2,1-3H3/p+1/b22-11-/t15-/m0/s1. The lowest BCUT2D eigenvalue weighted by Crippen LogP contribution is -3.12. The Morgan fingerprint density at radius 2 is 2.07 bits per heavy atom. The van der Waals surface area contributed by atoms with E-state index < -0.39 is 0 Å². The van der Waals surface area contributed by atoms with E-state index in [1.807, 2.05) is 6.07 Å². The molecule has 2 aromatic rings. The molecule has 2 N–H and O–H groups in total. The van der Waals surface area contributed by atoms with Crippen molar-refractivity contribution in [2.24, 2.45) is 5.92 Å². The average molecular weight is 410 g/mol. The third-order valence-corrected chi connectivity index (χ3v) is 5.93. The second-order valence-electron chi connectivity index (χ2n) is 8.12. The number of allylic oxidation sites excluding steroid dienone is 1. The molecule has 0 amide bonds. The maximum absolute atomic E-state index is 13.0. The molecule has 0 spiro atoms. The highest BCUT2D eigenvalue weighted by Crippen LogP contribution is 2.40. The summed E-state index contributed by atoms with van der Waals surface area (Å²) in [5.74, 6) is 2.60. The number of hydrogen-bond donors (Lipinski definition) is 2. The number of piperidine rings is 1. The molecule has 2 aromatic carbocycles. The van der Waals surface area contributed by atoms with Gasteiger partial charge in [-0.15, -0.1) is 0 Å². The smallest absolute Gasteiger partial charge is 0.231 e. The van der Waals surface area contributed by atoms with E-state index in [-0.39, 0.29) is 17.3 Å². The number of ether oxygens (including phenoxy) is 3. The molecular weight excluding hydrogens is 382 g/mol. The third kappa shape index (κ3) is 3.87. The molecule has 6 nitrogen and oxygen atoms in total. The van der Waals surface area contributed by atoms with Crippen LogP contribution in [0.5, 0.6) is 23.0 Å². The number of Topliss-reactive ketones (excluding diaryl/α,β-unsaturated/α-hetero) is 1. The Bertz CT molecular complexity index is 997. The molecule has 0 aromatic heterocycles. The fraction of sp³-hybridized carbons (Fsp3) is 0.375. The fourth-order valence-electron chi connectivity index (χ4n) is 4.35. The molecular formula is C24H28NO5+. The first kappa shape index (κ1) is 20.3. The van der Waals surface area contributed by atoms with Crippen molar-refractivity contribution >= 4 is 11.9 Å². The van der Waals surface area contributed by atoms with Crippen LogP contribution in [-0.4, -0.2) is 38.2 Å². The molecule has 2 aliphatic heterocycles. The number of phenolic OH excluding ortho intramolecular Hbond substituents is 1. The molecule has 0 aliphatic carbocycles. The highest BCUT2D eigenvalue weighted by Gasteiger charge is 2.33. The molecule has 2 aliphatic rings. The number of carbonyl (C=O) groups is 1. The number of quaternary nitrogens is 1. The SMILES string of the molecule is COc1ccc(/C=C2\Oc3c(ccc(O)c3C[NH+]3CCC[C@H](C)C3)C2=O)c(OC)c1. The zero-order valence-corrected chi connectivity index (χ0v) is 17.7. The molecule has 158 valence electrons. The second kappa shape index (κ2) is 8.40. The number of aromatic hydroxyl groups is 1. The summed E-state index contributed by atoms with van der Waals surface area (Å²) in [4.78, 5) is 14.4. The predicted octanol–water partition coefficient (Wildman–Crippen LogP) is 2.84. The van der Waals surface area contributed by atoms with Gasteiger partial charge >= 0.3 is 0 Å². The van der Waals surface area contributed by atoms with Gasteiger partial charge in [-0.2, -0.15) is 0 Å². The van der Waals surface area contributed by atoms with Gasteiger partial charge in [0.25, 0.3) is 0 Å². The average Bonchev–Trinajstić information content (AvgIpc) is 3.06. The number of methoxy groups -OCH3 is 2. The van der Waals surface area contributed by atoms with Gasteiger partial charge in [0.15, 0.2) is 11.5 Å². The topological polar surface area (TPSA) is 69.4 Å². The van der Waals surface area contributed by atoms with Crippen LogP contribution in [0.2, 0.25) is 0 Å². The molecule has 0 saturated carbocycles. The number of likely N-dealkylation sites (tertiary alicyclic amines) is 1. The molecule has 30 heavy (non-hydrogen) atoms. The summed E-state index contributed by atoms with van der Waals surface area (Å²) in [5, 5.41) is 10.5. The first-order chi connectivity index (χ1) is 14.5. The quantitative estimate of drug-likeness (QED) is 0.742. The summed E-state index contributed by atoms with van der Waals surface area (Å²) in [6.45, 7) is 5.03. The first-order valence-corrected chi connectivity index (χ1v) is 10.3. The molecule has 6 heteroatoms. The van der Waals surface area contributed by atoms with Crippen LogP contribution in [0.4, 0.5) is 0 Å². The van der Waals surface area contributed by atoms with E-state index in [1.165, 1.54) is 17.7 Å². The summed E-state index contributed by atoms with van der Waals surface area (Å²) in [7, 11) is 3.16. The van der Waals surface area contributed by atoms with Gasteiger partial charge in [0.05, 0.1) is 38.4 Å². The van der Waals surface area contributed by atoms with Crippen molar-refractivity contribution in [3.63, 3.8) is 0 Å². The number of nitrogens with one attached hydrogen (secondary N) is 1. The van der Waals surface area contributed by atoms with Crippen LogP contribution in [0.3, 0.4) is 0 Å². The van der Waals surface area contributed by atoms with Crippen molar-refractivity contribution in [3.8, 4) is 23.0 Å².